The van der Waals surface area contributed by atoms with Crippen LogP contribution < -0.4 is 10.1 Å². The van der Waals surface area contributed by atoms with Crippen molar-refractivity contribution in [1.82, 2.24) is 20.1 Å². The van der Waals surface area contributed by atoms with Crippen LogP contribution in [0.1, 0.15) is 43.8 Å². The smallest absolute Gasteiger partial charge is 0.230 e. The van der Waals surface area contributed by atoms with E-state index >= 15 is 0 Å². The summed E-state index contributed by atoms with van der Waals surface area (Å²) in [4.78, 5) is 12.4. The number of carbonyl (C=O) groups excluding carboxylic acids is 1. The van der Waals surface area contributed by atoms with Crippen LogP contribution >= 0.6 is 11.8 Å². The quantitative estimate of drug-likeness (QED) is 0.438. The molecule has 0 aliphatic heterocycles. The molecule has 0 aliphatic rings. The molecule has 6 nitrogen and oxygen atoms in total. The van der Waals surface area contributed by atoms with Gasteiger partial charge in [-0.05, 0) is 49.6 Å². The van der Waals surface area contributed by atoms with Crippen LogP contribution in [-0.4, -0.2) is 26.4 Å². The third-order valence-electron chi connectivity index (χ3n) is 4.73. The number of thioether (sulfide) groups is 1. The average Bonchev–Trinajstić information content (AvgIpc) is 3.15. The molecule has 0 saturated carbocycles. The van der Waals surface area contributed by atoms with Crippen LogP contribution in [0.25, 0.3) is 0 Å². The van der Waals surface area contributed by atoms with E-state index in [2.05, 4.69) is 29.4 Å². The van der Waals surface area contributed by atoms with Gasteiger partial charge in [0.2, 0.25) is 5.91 Å². The van der Waals surface area contributed by atoms with E-state index in [0.29, 0.717) is 35.7 Å². The van der Waals surface area contributed by atoms with E-state index < -0.39 is 0 Å². The molecule has 1 unspecified atom stereocenters. The van der Waals surface area contributed by atoms with Crippen molar-refractivity contribution in [3.8, 4) is 5.75 Å². The lowest BCUT2D eigenvalue weighted by molar-refractivity contribution is -0.118. The summed E-state index contributed by atoms with van der Waals surface area (Å²) in [6.07, 6.45) is -0.378. The van der Waals surface area contributed by atoms with E-state index in [1.54, 1.807) is 12.1 Å². The molecule has 1 aromatic heterocycles. The SMILES string of the molecule is Cc1ccc(CNC(=O)CSc2nnc(C(C)Oc3ccc(F)cc3)n2CC(C)C)cc1. The highest BCUT2D eigenvalue weighted by atomic mass is 32.2. The summed E-state index contributed by atoms with van der Waals surface area (Å²) in [7, 11) is 0. The number of hydrogen-bond donors (Lipinski definition) is 1. The van der Waals surface area contributed by atoms with E-state index in [1.165, 1.54) is 29.5 Å². The predicted molar refractivity (Wildman–Crippen MR) is 124 cm³/mol. The van der Waals surface area contributed by atoms with Gasteiger partial charge in [-0.2, -0.15) is 0 Å². The maximum atomic E-state index is 13.2. The lowest BCUT2D eigenvalue weighted by Crippen LogP contribution is -2.24. The second-order valence-corrected chi connectivity index (χ2v) is 9.05. The molecule has 3 rings (SSSR count). The molecule has 1 N–H and O–H groups in total. The highest BCUT2D eigenvalue weighted by Gasteiger charge is 2.21. The minimum atomic E-state index is -0.378. The Morgan fingerprint density at radius 1 is 1.09 bits per heavy atom. The van der Waals surface area contributed by atoms with Gasteiger partial charge in [0, 0.05) is 13.1 Å². The highest BCUT2D eigenvalue weighted by molar-refractivity contribution is 7.99. The average molecular weight is 457 g/mol. The van der Waals surface area contributed by atoms with Crippen molar-refractivity contribution in [1.29, 1.82) is 0 Å². The van der Waals surface area contributed by atoms with E-state index in [9.17, 15) is 9.18 Å². The molecular weight excluding hydrogens is 427 g/mol. The van der Waals surface area contributed by atoms with Crippen LogP contribution in [0.4, 0.5) is 4.39 Å². The number of nitrogens with zero attached hydrogens (tertiary/aromatic N) is 3. The molecule has 0 radical (unpaired) electrons. The summed E-state index contributed by atoms with van der Waals surface area (Å²) >= 11 is 1.35. The van der Waals surface area contributed by atoms with Gasteiger partial charge in [-0.25, -0.2) is 4.39 Å². The maximum absolute atomic E-state index is 13.2. The van der Waals surface area contributed by atoms with Gasteiger partial charge in [0.25, 0.3) is 0 Å². The number of ether oxygens (including phenoxy) is 1. The highest BCUT2D eigenvalue weighted by Crippen LogP contribution is 2.25. The number of halogens is 1. The Morgan fingerprint density at radius 2 is 1.78 bits per heavy atom. The van der Waals surface area contributed by atoms with Gasteiger partial charge in [0.1, 0.15) is 11.6 Å². The van der Waals surface area contributed by atoms with Crippen LogP contribution in [0, 0.1) is 18.7 Å². The normalized spacial score (nSPS) is 12.1. The lowest BCUT2D eigenvalue weighted by Gasteiger charge is -2.17. The summed E-state index contributed by atoms with van der Waals surface area (Å²) in [6.45, 7) is 9.33. The predicted octanol–water partition coefficient (Wildman–Crippen LogP) is 4.93. The fourth-order valence-corrected chi connectivity index (χ4v) is 3.89. The Balaban J connectivity index is 1.62. The number of aryl methyl sites for hydroxylation is 1. The zero-order valence-corrected chi connectivity index (χ0v) is 19.7. The van der Waals surface area contributed by atoms with Crippen LogP contribution in [0.3, 0.4) is 0 Å². The maximum Gasteiger partial charge on any atom is 0.230 e. The molecule has 0 aliphatic carbocycles. The zero-order chi connectivity index (χ0) is 23.1. The Hall–Kier alpha value is -2.87. The number of amides is 1. The second kappa shape index (κ2) is 11.1. The molecule has 0 spiro atoms. The summed E-state index contributed by atoms with van der Waals surface area (Å²) in [5, 5.41) is 12.2. The van der Waals surface area contributed by atoms with Crippen molar-refractivity contribution >= 4 is 17.7 Å². The molecular formula is C24H29FN4O2S. The van der Waals surface area contributed by atoms with Gasteiger partial charge in [-0.3, -0.25) is 4.79 Å². The fraction of sp³-hybridized carbons (Fsp3) is 0.375. The molecule has 0 bridgehead atoms. The molecule has 2 aromatic carbocycles. The summed E-state index contributed by atoms with van der Waals surface area (Å²) < 4.78 is 21.1. The molecule has 1 atom stereocenters. The first-order chi connectivity index (χ1) is 15.3. The van der Waals surface area contributed by atoms with Crippen molar-refractivity contribution < 1.29 is 13.9 Å². The van der Waals surface area contributed by atoms with Crippen molar-refractivity contribution in [3.05, 3.63) is 71.3 Å². The monoisotopic (exact) mass is 456 g/mol. The number of benzene rings is 2. The Labute approximate surface area is 192 Å². The number of aromatic nitrogens is 3. The minimum Gasteiger partial charge on any atom is -0.483 e. The molecule has 0 fully saturated rings. The van der Waals surface area contributed by atoms with Crippen molar-refractivity contribution in [2.75, 3.05) is 5.75 Å². The first-order valence-corrected chi connectivity index (χ1v) is 11.6. The second-order valence-electron chi connectivity index (χ2n) is 8.11. The molecule has 8 heteroatoms. The van der Waals surface area contributed by atoms with Crippen LogP contribution in [0.5, 0.6) is 5.75 Å². The fourth-order valence-electron chi connectivity index (χ4n) is 3.10. The molecule has 3 aromatic rings. The van der Waals surface area contributed by atoms with Gasteiger partial charge >= 0.3 is 0 Å². The Bertz CT molecular complexity index is 1020. The van der Waals surface area contributed by atoms with Gasteiger partial charge in [-0.15, -0.1) is 10.2 Å². The standard InChI is InChI=1S/C24H29FN4O2S/c1-16(2)14-29-23(18(4)31-21-11-9-20(25)10-12-21)27-28-24(29)32-15-22(30)26-13-19-7-5-17(3)6-8-19/h5-12,16,18H,13-15H2,1-4H3,(H,26,30). The van der Waals surface area contributed by atoms with Gasteiger partial charge < -0.3 is 14.6 Å². The van der Waals surface area contributed by atoms with Crippen LogP contribution in [-0.2, 0) is 17.9 Å². The van der Waals surface area contributed by atoms with Gasteiger partial charge in [-0.1, -0.05) is 55.4 Å². The first kappa shape index (κ1) is 23.8. The van der Waals surface area contributed by atoms with E-state index in [1.807, 2.05) is 42.7 Å². The van der Waals surface area contributed by atoms with Gasteiger partial charge in [0.05, 0.1) is 5.75 Å². The zero-order valence-electron chi connectivity index (χ0n) is 18.8. The molecule has 1 heterocycles. The van der Waals surface area contributed by atoms with Crippen molar-refractivity contribution in [2.24, 2.45) is 5.92 Å². The molecule has 32 heavy (non-hydrogen) atoms. The topological polar surface area (TPSA) is 69.0 Å². The van der Waals surface area contributed by atoms with Crippen LogP contribution in [0.15, 0.2) is 53.7 Å². The van der Waals surface area contributed by atoms with Gasteiger partial charge in [0.15, 0.2) is 17.1 Å². The van der Waals surface area contributed by atoms with Crippen molar-refractivity contribution in [3.63, 3.8) is 0 Å². The summed E-state index contributed by atoms with van der Waals surface area (Å²) in [6, 6.07) is 14.0. The largest absolute Gasteiger partial charge is 0.483 e. The Morgan fingerprint density at radius 3 is 2.44 bits per heavy atom. The van der Waals surface area contributed by atoms with E-state index in [-0.39, 0.29) is 23.6 Å². The first-order valence-electron chi connectivity index (χ1n) is 10.6. The third-order valence-corrected chi connectivity index (χ3v) is 5.69. The molecule has 1 amide bonds. The van der Waals surface area contributed by atoms with E-state index in [4.69, 9.17) is 4.74 Å². The minimum absolute atomic E-state index is 0.0631. The number of rotatable bonds is 10. The number of carbonyl (C=O) groups is 1. The third kappa shape index (κ3) is 6.82. The van der Waals surface area contributed by atoms with Crippen molar-refractivity contribution in [2.45, 2.75) is 52.0 Å². The lowest BCUT2D eigenvalue weighted by atomic mass is 10.1. The molecule has 170 valence electrons. The summed E-state index contributed by atoms with van der Waals surface area (Å²) in [5.74, 6) is 1.46. The Kier molecular flexibility index (Phi) is 8.27. The van der Waals surface area contributed by atoms with Crippen LogP contribution in [0.2, 0.25) is 0 Å². The summed E-state index contributed by atoms with van der Waals surface area (Å²) in [5.41, 5.74) is 2.25. The molecule has 0 saturated heterocycles. The number of nitrogens with one attached hydrogen (secondary N) is 1. The van der Waals surface area contributed by atoms with E-state index in [0.717, 1.165) is 5.56 Å². The number of hydrogen-bond acceptors (Lipinski definition) is 5.